The Bertz CT molecular complexity index is 1010. The minimum atomic E-state index is -0.587. The van der Waals surface area contributed by atoms with Crippen molar-refractivity contribution in [1.29, 1.82) is 0 Å². The molecule has 0 aromatic heterocycles. The monoisotopic (exact) mass is 449 g/mol. The van der Waals surface area contributed by atoms with Crippen LogP contribution in [0.1, 0.15) is 26.3 Å². The molecule has 6 nitrogen and oxygen atoms in total. The first-order chi connectivity index (χ1) is 15.7. The molecule has 0 heterocycles. The Hall–Kier alpha value is -3.51. The average molecular weight is 450 g/mol. The predicted octanol–water partition coefficient (Wildman–Crippen LogP) is 6.04. The zero-order valence-corrected chi connectivity index (χ0v) is 19.5. The lowest BCUT2D eigenvalue weighted by Gasteiger charge is -2.29. The summed E-state index contributed by atoms with van der Waals surface area (Å²) in [5, 5.41) is 9.79. The summed E-state index contributed by atoms with van der Waals surface area (Å²) in [4.78, 5) is 13.7. The summed E-state index contributed by atoms with van der Waals surface area (Å²) in [6, 6.07) is 24.2. The first-order valence-electron chi connectivity index (χ1n) is 10.9. The van der Waals surface area contributed by atoms with E-state index in [0.29, 0.717) is 17.9 Å². The molecule has 0 saturated carbocycles. The normalized spacial score (nSPS) is 12.0. The topological polar surface area (TPSA) is 68.2 Å². The van der Waals surface area contributed by atoms with Gasteiger partial charge in [0.25, 0.3) is 0 Å². The van der Waals surface area contributed by atoms with Crippen molar-refractivity contribution in [2.24, 2.45) is 0 Å². The van der Waals surface area contributed by atoms with Crippen molar-refractivity contribution in [3.63, 3.8) is 0 Å². The van der Waals surface area contributed by atoms with Crippen molar-refractivity contribution < 1.29 is 24.1 Å². The van der Waals surface area contributed by atoms with Crippen LogP contribution in [-0.2, 0) is 11.2 Å². The Morgan fingerprint density at radius 2 is 1.27 bits per heavy atom. The molecule has 33 heavy (non-hydrogen) atoms. The third-order valence-electron chi connectivity index (χ3n) is 4.87. The van der Waals surface area contributed by atoms with Crippen molar-refractivity contribution in [3.8, 4) is 23.0 Å². The van der Waals surface area contributed by atoms with Crippen LogP contribution in [0.25, 0.3) is 0 Å². The maximum absolute atomic E-state index is 12.3. The van der Waals surface area contributed by atoms with Gasteiger partial charge in [0, 0.05) is 7.05 Å². The second kappa shape index (κ2) is 10.9. The third-order valence-corrected chi connectivity index (χ3v) is 4.87. The summed E-state index contributed by atoms with van der Waals surface area (Å²) in [6.45, 7) is 5.28. The van der Waals surface area contributed by atoms with E-state index in [1.165, 1.54) is 4.90 Å². The number of nitrogens with zero attached hydrogens (tertiary/aromatic N) is 1. The van der Waals surface area contributed by atoms with E-state index in [2.05, 4.69) is 0 Å². The number of carbonyl (C=O) groups excluding carboxylic acids is 1. The summed E-state index contributed by atoms with van der Waals surface area (Å²) in [6.07, 6.45) is 0.0408. The lowest BCUT2D eigenvalue weighted by atomic mass is 10.1. The number of rotatable bonds is 8. The Morgan fingerprint density at radius 1 is 0.818 bits per heavy atom. The molecule has 0 aliphatic rings. The molecule has 0 aliphatic heterocycles. The number of hydrogen-bond donors (Lipinski definition) is 1. The number of aliphatic hydroxyl groups is 1. The molecular weight excluding hydrogens is 418 g/mol. The molecule has 1 N–H and O–H groups in total. The molecule has 3 aromatic carbocycles. The molecule has 1 amide bonds. The minimum absolute atomic E-state index is 0.161. The van der Waals surface area contributed by atoms with Crippen LogP contribution in [0.3, 0.4) is 0 Å². The van der Waals surface area contributed by atoms with Gasteiger partial charge in [0.2, 0.25) is 0 Å². The molecule has 0 fully saturated rings. The van der Waals surface area contributed by atoms with E-state index < -0.39 is 11.7 Å². The second-order valence-corrected chi connectivity index (χ2v) is 8.76. The SMILES string of the molecule is CN(C(=O)OC(C)(C)C)[C@H](CO)Cc1ccc(Oc2ccc(Oc3ccccc3)cc2)cc1. The Morgan fingerprint density at radius 3 is 1.73 bits per heavy atom. The van der Waals surface area contributed by atoms with Gasteiger partial charge in [-0.1, -0.05) is 30.3 Å². The molecule has 0 aliphatic carbocycles. The van der Waals surface area contributed by atoms with Crippen LogP contribution in [0.2, 0.25) is 0 Å². The fourth-order valence-electron chi connectivity index (χ4n) is 3.11. The van der Waals surface area contributed by atoms with Gasteiger partial charge >= 0.3 is 6.09 Å². The maximum Gasteiger partial charge on any atom is 0.410 e. The van der Waals surface area contributed by atoms with Crippen LogP contribution in [0.4, 0.5) is 4.79 Å². The van der Waals surface area contributed by atoms with Gasteiger partial charge in [-0.15, -0.1) is 0 Å². The molecule has 0 radical (unpaired) electrons. The maximum atomic E-state index is 12.3. The number of carbonyl (C=O) groups is 1. The lowest BCUT2D eigenvalue weighted by Crippen LogP contribution is -2.43. The standard InChI is InChI=1S/C27H31NO5/c1-27(2,3)33-26(30)28(4)21(19-29)18-20-10-12-23(13-11-20)32-25-16-14-24(15-17-25)31-22-8-6-5-7-9-22/h5-17,21,29H,18-19H2,1-4H3/t21-/m0/s1. The van der Waals surface area contributed by atoms with Crippen molar-refractivity contribution in [1.82, 2.24) is 4.90 Å². The number of benzene rings is 3. The lowest BCUT2D eigenvalue weighted by molar-refractivity contribution is 0.0163. The van der Waals surface area contributed by atoms with E-state index >= 15 is 0 Å². The number of hydrogen-bond acceptors (Lipinski definition) is 5. The van der Waals surface area contributed by atoms with Gasteiger partial charge in [0.05, 0.1) is 12.6 Å². The Labute approximate surface area is 195 Å². The van der Waals surface area contributed by atoms with Crippen molar-refractivity contribution >= 4 is 6.09 Å². The number of aliphatic hydroxyl groups excluding tert-OH is 1. The highest BCUT2D eigenvalue weighted by Gasteiger charge is 2.25. The van der Waals surface area contributed by atoms with Gasteiger partial charge in [-0.05, 0) is 81.3 Å². The molecule has 174 valence electrons. The zero-order chi connectivity index (χ0) is 23.8. The molecular formula is C27H31NO5. The Kier molecular flexibility index (Phi) is 7.96. The molecule has 6 heteroatoms. The summed E-state index contributed by atoms with van der Waals surface area (Å²) < 4.78 is 17.1. The van der Waals surface area contributed by atoms with Crippen LogP contribution < -0.4 is 9.47 Å². The fourth-order valence-corrected chi connectivity index (χ4v) is 3.11. The molecule has 0 unspecified atom stereocenters. The summed E-state index contributed by atoms with van der Waals surface area (Å²) >= 11 is 0. The van der Waals surface area contributed by atoms with Crippen molar-refractivity contribution in [2.45, 2.75) is 38.8 Å². The van der Waals surface area contributed by atoms with Crippen LogP contribution in [-0.4, -0.2) is 41.4 Å². The molecule has 0 bridgehead atoms. The third kappa shape index (κ3) is 7.54. The van der Waals surface area contributed by atoms with E-state index in [4.69, 9.17) is 14.2 Å². The van der Waals surface area contributed by atoms with Crippen molar-refractivity contribution in [2.75, 3.05) is 13.7 Å². The van der Waals surface area contributed by atoms with Crippen molar-refractivity contribution in [3.05, 3.63) is 84.4 Å². The molecule has 0 saturated heterocycles. The smallest absolute Gasteiger partial charge is 0.410 e. The zero-order valence-electron chi connectivity index (χ0n) is 19.5. The Balaban J connectivity index is 1.56. The fraction of sp³-hybridized carbons (Fsp3) is 0.296. The highest BCUT2D eigenvalue weighted by Crippen LogP contribution is 2.27. The van der Waals surface area contributed by atoms with Gasteiger partial charge < -0.3 is 24.2 Å². The molecule has 3 aromatic rings. The van der Waals surface area contributed by atoms with Gasteiger partial charge in [-0.25, -0.2) is 4.79 Å². The largest absolute Gasteiger partial charge is 0.457 e. The van der Waals surface area contributed by atoms with E-state index in [-0.39, 0.29) is 12.6 Å². The molecule has 1 atom stereocenters. The van der Waals surface area contributed by atoms with Gasteiger partial charge in [0.15, 0.2) is 0 Å². The summed E-state index contributed by atoms with van der Waals surface area (Å²) in [5.41, 5.74) is 0.388. The number of ether oxygens (including phenoxy) is 3. The quantitative estimate of drug-likeness (QED) is 0.454. The van der Waals surface area contributed by atoms with Gasteiger partial charge in [0.1, 0.15) is 28.6 Å². The first-order valence-corrected chi connectivity index (χ1v) is 10.9. The molecule has 0 spiro atoms. The first kappa shape index (κ1) is 24.1. The summed E-state index contributed by atoms with van der Waals surface area (Å²) in [7, 11) is 1.64. The minimum Gasteiger partial charge on any atom is -0.457 e. The van der Waals surface area contributed by atoms with Crippen LogP contribution in [0.5, 0.6) is 23.0 Å². The van der Waals surface area contributed by atoms with Gasteiger partial charge in [-0.2, -0.15) is 0 Å². The number of para-hydroxylation sites is 1. The van der Waals surface area contributed by atoms with E-state index in [0.717, 1.165) is 17.1 Å². The predicted molar refractivity (Wildman–Crippen MR) is 128 cm³/mol. The highest BCUT2D eigenvalue weighted by atomic mass is 16.6. The number of likely N-dealkylation sites (N-methyl/N-ethyl adjacent to an activating group) is 1. The van der Waals surface area contributed by atoms with Gasteiger partial charge in [-0.3, -0.25) is 0 Å². The van der Waals surface area contributed by atoms with E-state index in [1.54, 1.807) is 7.05 Å². The summed E-state index contributed by atoms with van der Waals surface area (Å²) in [5.74, 6) is 2.89. The van der Waals surface area contributed by atoms with Crippen LogP contribution in [0, 0.1) is 0 Å². The van der Waals surface area contributed by atoms with Crippen LogP contribution in [0.15, 0.2) is 78.9 Å². The van der Waals surface area contributed by atoms with E-state index in [1.807, 2.05) is 99.6 Å². The number of amides is 1. The van der Waals surface area contributed by atoms with Crippen LogP contribution >= 0.6 is 0 Å². The second-order valence-electron chi connectivity index (χ2n) is 8.76. The average Bonchev–Trinajstić information content (AvgIpc) is 2.79. The van der Waals surface area contributed by atoms with E-state index in [9.17, 15) is 9.90 Å². The molecule has 3 rings (SSSR count). The highest BCUT2D eigenvalue weighted by molar-refractivity contribution is 5.68.